The van der Waals surface area contributed by atoms with Crippen LogP contribution in [0.4, 0.5) is 0 Å². The first-order valence-corrected chi connectivity index (χ1v) is 6.60. The summed E-state index contributed by atoms with van der Waals surface area (Å²) in [6.45, 7) is 5.53. The number of aromatic nitrogens is 1. The molecule has 100 valence electrons. The Hall–Kier alpha value is -0.970. The Morgan fingerprint density at radius 1 is 1.39 bits per heavy atom. The fraction of sp³-hybridized carbons (Fsp3) is 0.643. The van der Waals surface area contributed by atoms with Gasteiger partial charge in [-0.1, -0.05) is 0 Å². The molecule has 1 aromatic rings. The molecule has 0 aliphatic carbocycles. The molecule has 1 aromatic heterocycles. The fourth-order valence-corrected chi connectivity index (χ4v) is 2.76. The van der Waals surface area contributed by atoms with Gasteiger partial charge < -0.3 is 10.2 Å². The number of nitrogens with zero attached hydrogens (tertiary/aromatic N) is 3. The number of rotatable bonds is 3. The predicted molar refractivity (Wildman–Crippen MR) is 74.7 cm³/mol. The van der Waals surface area contributed by atoms with E-state index in [0.29, 0.717) is 12.1 Å². The average Bonchev–Trinajstić information content (AvgIpc) is 2.36. The van der Waals surface area contributed by atoms with E-state index in [9.17, 15) is 0 Å². The molecule has 2 atom stereocenters. The van der Waals surface area contributed by atoms with Gasteiger partial charge in [0.1, 0.15) is 0 Å². The van der Waals surface area contributed by atoms with Gasteiger partial charge in [0, 0.05) is 38.1 Å². The van der Waals surface area contributed by atoms with Crippen molar-refractivity contribution < 1.29 is 0 Å². The molecule has 0 spiro atoms. The van der Waals surface area contributed by atoms with Crippen LogP contribution in [0.5, 0.6) is 0 Å². The lowest BCUT2D eigenvalue weighted by molar-refractivity contribution is 0.0895. The summed E-state index contributed by atoms with van der Waals surface area (Å²) >= 11 is 0. The summed E-state index contributed by atoms with van der Waals surface area (Å²) in [5.74, 6) is 0. The first kappa shape index (κ1) is 13.5. The maximum atomic E-state index is 4.28. The first-order chi connectivity index (χ1) is 8.63. The number of hydrogen-bond acceptors (Lipinski definition) is 4. The number of likely N-dealkylation sites (N-methyl/N-ethyl adjacent to an activating group) is 3. The molecule has 0 saturated carbocycles. The normalized spacial score (nSPS) is 24.1. The van der Waals surface area contributed by atoms with Crippen LogP contribution in [-0.4, -0.2) is 61.6 Å². The quantitative estimate of drug-likeness (QED) is 0.861. The molecule has 4 heteroatoms. The van der Waals surface area contributed by atoms with Crippen molar-refractivity contribution in [3.05, 3.63) is 29.6 Å². The Kier molecular flexibility index (Phi) is 4.32. The zero-order chi connectivity index (χ0) is 13.1. The second-order valence-electron chi connectivity index (χ2n) is 5.31. The minimum atomic E-state index is 0.339. The van der Waals surface area contributed by atoms with Crippen LogP contribution in [0.3, 0.4) is 0 Å². The Bertz CT molecular complexity index is 393. The number of aryl methyl sites for hydroxylation is 1. The van der Waals surface area contributed by atoms with E-state index in [0.717, 1.165) is 19.6 Å². The monoisotopic (exact) mass is 248 g/mol. The van der Waals surface area contributed by atoms with Crippen molar-refractivity contribution in [2.45, 2.75) is 19.0 Å². The van der Waals surface area contributed by atoms with E-state index in [1.54, 1.807) is 0 Å². The highest BCUT2D eigenvalue weighted by atomic mass is 15.3. The highest BCUT2D eigenvalue weighted by molar-refractivity contribution is 5.26. The van der Waals surface area contributed by atoms with E-state index in [-0.39, 0.29) is 0 Å². The summed E-state index contributed by atoms with van der Waals surface area (Å²) in [4.78, 5) is 9.14. The van der Waals surface area contributed by atoms with Gasteiger partial charge in [-0.15, -0.1) is 0 Å². The number of piperazine rings is 1. The largest absolute Gasteiger partial charge is 0.312 e. The van der Waals surface area contributed by atoms with Gasteiger partial charge in [0.25, 0.3) is 0 Å². The second kappa shape index (κ2) is 5.78. The van der Waals surface area contributed by atoms with Gasteiger partial charge in [-0.3, -0.25) is 9.88 Å². The molecular formula is C14H24N4. The van der Waals surface area contributed by atoms with Crippen molar-refractivity contribution in [1.29, 1.82) is 0 Å². The van der Waals surface area contributed by atoms with Gasteiger partial charge in [0.05, 0.1) is 6.04 Å². The van der Waals surface area contributed by atoms with Crippen LogP contribution in [0.1, 0.15) is 17.2 Å². The van der Waals surface area contributed by atoms with Gasteiger partial charge in [-0.05, 0) is 45.3 Å². The van der Waals surface area contributed by atoms with Crippen molar-refractivity contribution in [3.63, 3.8) is 0 Å². The summed E-state index contributed by atoms with van der Waals surface area (Å²) in [5, 5.41) is 3.47. The zero-order valence-corrected chi connectivity index (χ0v) is 11.8. The third-order valence-electron chi connectivity index (χ3n) is 4.01. The van der Waals surface area contributed by atoms with Crippen LogP contribution in [0, 0.1) is 6.92 Å². The molecule has 1 aliphatic heterocycles. The van der Waals surface area contributed by atoms with Crippen LogP contribution in [0.2, 0.25) is 0 Å². The highest BCUT2D eigenvalue weighted by Crippen LogP contribution is 2.24. The topological polar surface area (TPSA) is 31.4 Å². The molecule has 18 heavy (non-hydrogen) atoms. The Balaban J connectivity index is 2.25. The molecule has 2 unspecified atom stereocenters. The minimum Gasteiger partial charge on any atom is -0.312 e. The summed E-state index contributed by atoms with van der Waals surface area (Å²) in [5.41, 5.74) is 2.62. The molecule has 0 amide bonds. The van der Waals surface area contributed by atoms with Crippen LogP contribution < -0.4 is 5.32 Å². The van der Waals surface area contributed by atoms with Gasteiger partial charge in [0.2, 0.25) is 0 Å². The Morgan fingerprint density at radius 2 is 2.17 bits per heavy atom. The van der Waals surface area contributed by atoms with Gasteiger partial charge in [0.15, 0.2) is 0 Å². The molecule has 0 bridgehead atoms. The SMILES string of the molecule is CNC(c1cnccc1C)C1CN(C)CCN1C. The maximum absolute atomic E-state index is 4.28. The van der Waals surface area contributed by atoms with Gasteiger partial charge in [-0.2, -0.15) is 0 Å². The Morgan fingerprint density at radius 3 is 2.83 bits per heavy atom. The van der Waals surface area contributed by atoms with Gasteiger partial charge in [-0.25, -0.2) is 0 Å². The van der Waals surface area contributed by atoms with Crippen LogP contribution in [0.15, 0.2) is 18.5 Å². The molecule has 1 saturated heterocycles. The summed E-state index contributed by atoms with van der Waals surface area (Å²) in [6, 6.07) is 2.93. The second-order valence-corrected chi connectivity index (χ2v) is 5.31. The van der Waals surface area contributed by atoms with Crippen molar-refractivity contribution in [2.24, 2.45) is 0 Å². The van der Waals surface area contributed by atoms with E-state index in [2.05, 4.69) is 47.2 Å². The molecule has 1 N–H and O–H groups in total. The standard InChI is InChI=1S/C14H24N4/c1-11-5-6-16-9-12(11)14(15-2)13-10-17(3)7-8-18(13)4/h5-6,9,13-15H,7-8,10H2,1-4H3. The lowest BCUT2D eigenvalue weighted by Crippen LogP contribution is -2.54. The lowest BCUT2D eigenvalue weighted by Gasteiger charge is -2.42. The van der Waals surface area contributed by atoms with E-state index in [4.69, 9.17) is 0 Å². The molecule has 1 fully saturated rings. The smallest absolute Gasteiger partial charge is 0.0506 e. The number of pyridine rings is 1. The van der Waals surface area contributed by atoms with Crippen molar-refractivity contribution in [2.75, 3.05) is 40.8 Å². The lowest BCUT2D eigenvalue weighted by atomic mass is 9.95. The predicted octanol–water partition coefficient (Wildman–Crippen LogP) is 0.896. The molecule has 0 aromatic carbocycles. The van der Waals surface area contributed by atoms with Crippen LogP contribution >= 0.6 is 0 Å². The summed E-state index contributed by atoms with van der Waals surface area (Å²) in [6.07, 6.45) is 3.86. The van der Waals surface area contributed by atoms with Crippen molar-refractivity contribution >= 4 is 0 Å². The van der Waals surface area contributed by atoms with Crippen LogP contribution in [0.25, 0.3) is 0 Å². The molecule has 4 nitrogen and oxygen atoms in total. The third kappa shape index (κ3) is 2.71. The third-order valence-corrected chi connectivity index (χ3v) is 4.01. The maximum Gasteiger partial charge on any atom is 0.0506 e. The molecule has 1 aliphatic rings. The van der Waals surface area contributed by atoms with E-state index in [1.807, 2.05) is 19.4 Å². The number of hydrogen-bond donors (Lipinski definition) is 1. The first-order valence-electron chi connectivity index (χ1n) is 6.60. The van der Waals surface area contributed by atoms with E-state index in [1.165, 1.54) is 11.1 Å². The summed E-state index contributed by atoms with van der Waals surface area (Å²) in [7, 11) is 6.45. The van der Waals surface area contributed by atoms with E-state index < -0.39 is 0 Å². The Labute approximate surface area is 110 Å². The van der Waals surface area contributed by atoms with E-state index >= 15 is 0 Å². The summed E-state index contributed by atoms with van der Waals surface area (Å²) < 4.78 is 0. The average molecular weight is 248 g/mol. The zero-order valence-electron chi connectivity index (χ0n) is 11.8. The highest BCUT2D eigenvalue weighted by Gasteiger charge is 2.30. The molecule has 2 heterocycles. The minimum absolute atomic E-state index is 0.339. The van der Waals surface area contributed by atoms with Crippen molar-refractivity contribution in [3.8, 4) is 0 Å². The molecular weight excluding hydrogens is 224 g/mol. The number of nitrogens with one attached hydrogen (secondary N) is 1. The van der Waals surface area contributed by atoms with Crippen molar-refractivity contribution in [1.82, 2.24) is 20.1 Å². The fourth-order valence-electron chi connectivity index (χ4n) is 2.76. The van der Waals surface area contributed by atoms with Crippen LogP contribution in [-0.2, 0) is 0 Å². The van der Waals surface area contributed by atoms with Gasteiger partial charge >= 0.3 is 0 Å². The molecule has 0 radical (unpaired) electrons. The molecule has 2 rings (SSSR count).